The molecule has 1 aromatic rings. The number of aliphatic hydroxyl groups excluding tert-OH is 1. The van der Waals surface area contributed by atoms with E-state index in [9.17, 15) is 14.7 Å². The van der Waals surface area contributed by atoms with Crippen LogP contribution in [0.2, 0.25) is 0 Å². The van der Waals surface area contributed by atoms with Crippen LogP contribution in [0.15, 0.2) is 12.3 Å². The third-order valence-corrected chi connectivity index (χ3v) is 7.00. The van der Waals surface area contributed by atoms with Crippen molar-refractivity contribution in [3.8, 4) is 17.7 Å². The molecule has 3 rings (SSSR count). The number of carbonyl (C=O) groups is 2. The summed E-state index contributed by atoms with van der Waals surface area (Å²) in [7, 11) is 1.81. The van der Waals surface area contributed by atoms with E-state index in [1.54, 1.807) is 22.1 Å². The normalized spacial score (nSPS) is 21.5. The van der Waals surface area contributed by atoms with Crippen molar-refractivity contribution in [1.82, 2.24) is 19.7 Å². The number of hydrogen-bond donors (Lipinski definition) is 1. The summed E-state index contributed by atoms with van der Waals surface area (Å²) >= 11 is 0. The summed E-state index contributed by atoms with van der Waals surface area (Å²) < 4.78 is 6.30. The first kappa shape index (κ1) is 27.9. The van der Waals surface area contributed by atoms with Gasteiger partial charge in [0.1, 0.15) is 11.7 Å². The van der Waals surface area contributed by atoms with Gasteiger partial charge in [0.05, 0.1) is 19.2 Å². The molecule has 0 saturated carbocycles. The Labute approximate surface area is 216 Å². The van der Waals surface area contributed by atoms with Crippen molar-refractivity contribution >= 4 is 11.8 Å². The van der Waals surface area contributed by atoms with Gasteiger partial charge in [-0.1, -0.05) is 39.0 Å². The average molecular weight is 499 g/mol. The van der Waals surface area contributed by atoms with Crippen LogP contribution in [0.5, 0.6) is 5.88 Å². The third-order valence-electron chi connectivity index (χ3n) is 7.00. The van der Waals surface area contributed by atoms with E-state index in [1.165, 1.54) is 19.3 Å². The molecule has 0 radical (unpaired) electrons. The van der Waals surface area contributed by atoms with Gasteiger partial charge in [-0.25, -0.2) is 4.98 Å². The lowest BCUT2D eigenvalue weighted by molar-refractivity contribution is -0.131. The lowest BCUT2D eigenvalue weighted by Gasteiger charge is -2.37. The van der Waals surface area contributed by atoms with Crippen molar-refractivity contribution in [3.05, 3.63) is 23.4 Å². The largest absolute Gasteiger partial charge is 0.472 e. The van der Waals surface area contributed by atoms with E-state index in [0.29, 0.717) is 30.6 Å². The molecule has 3 atom stereocenters. The number of likely N-dealkylation sites (tertiary alicyclic amines) is 1. The smallest absolute Gasteiger partial charge is 0.259 e. The maximum absolute atomic E-state index is 13.5. The van der Waals surface area contributed by atoms with Crippen molar-refractivity contribution < 1.29 is 19.4 Å². The van der Waals surface area contributed by atoms with Crippen LogP contribution in [-0.4, -0.2) is 95.1 Å². The van der Waals surface area contributed by atoms with Crippen LogP contribution in [0.25, 0.3) is 0 Å². The zero-order valence-electron chi connectivity index (χ0n) is 22.5. The van der Waals surface area contributed by atoms with Gasteiger partial charge in [0.2, 0.25) is 11.8 Å². The fourth-order valence-electron chi connectivity index (χ4n) is 4.62. The number of hydrogen-bond acceptors (Lipinski definition) is 6. The molecule has 0 bridgehead atoms. The Hall–Kier alpha value is -2.63. The molecule has 3 heterocycles. The van der Waals surface area contributed by atoms with Gasteiger partial charge in [-0.3, -0.25) is 9.59 Å². The van der Waals surface area contributed by atoms with Gasteiger partial charge in [-0.2, -0.15) is 0 Å². The molecule has 0 aliphatic carbocycles. The molecule has 8 nitrogen and oxygen atoms in total. The predicted octanol–water partition coefficient (Wildman–Crippen LogP) is 2.64. The summed E-state index contributed by atoms with van der Waals surface area (Å²) in [4.78, 5) is 36.6. The van der Waals surface area contributed by atoms with E-state index in [2.05, 4.69) is 21.7 Å². The van der Waals surface area contributed by atoms with Gasteiger partial charge in [0.25, 0.3) is 5.91 Å². The molecule has 0 unspecified atom stereocenters. The topological polar surface area (TPSA) is 86.2 Å². The first-order chi connectivity index (χ1) is 17.2. The lowest BCUT2D eigenvalue weighted by atomic mass is 9.99. The monoisotopic (exact) mass is 498 g/mol. The fourth-order valence-corrected chi connectivity index (χ4v) is 4.62. The highest BCUT2D eigenvalue weighted by Gasteiger charge is 2.34. The molecular weight excluding hydrogens is 456 g/mol. The van der Waals surface area contributed by atoms with Crippen molar-refractivity contribution in [2.45, 2.75) is 65.5 Å². The maximum atomic E-state index is 13.5. The highest BCUT2D eigenvalue weighted by Crippen LogP contribution is 2.27. The molecule has 2 aliphatic rings. The summed E-state index contributed by atoms with van der Waals surface area (Å²) in [5.41, 5.74) is 0.980. The standard InChI is InChI=1S/C28H42N4O4/c1-20(2)9-10-23-15-24-27(29-16-23)36-25(21(3)17-32(28(24)35)22(4)19-33)18-30(5)26(34)11-14-31-12-7-6-8-13-31/h15-16,20-22,25,33H,6-8,11-14,17-19H2,1-5H3/t21-,22-,25-/m1/s1. The van der Waals surface area contributed by atoms with E-state index < -0.39 is 0 Å². The number of fused-ring (bicyclic) bond motifs is 1. The molecular formula is C28H42N4O4. The molecule has 2 aliphatic heterocycles. The van der Waals surface area contributed by atoms with Crippen molar-refractivity contribution in [1.29, 1.82) is 0 Å². The SMILES string of the molecule is CC(C)C#Cc1cnc2c(c1)C(=O)N([C@H](C)CO)C[C@@H](C)[C@@H](CN(C)C(=O)CCN1CCCCC1)O2. The van der Waals surface area contributed by atoms with Crippen molar-refractivity contribution in [2.75, 3.05) is 46.4 Å². The summed E-state index contributed by atoms with van der Waals surface area (Å²) in [6, 6.07) is 1.36. The van der Waals surface area contributed by atoms with E-state index in [1.807, 2.05) is 34.7 Å². The summed E-state index contributed by atoms with van der Waals surface area (Å²) in [6.07, 6.45) is 5.44. The average Bonchev–Trinajstić information content (AvgIpc) is 2.88. The number of pyridine rings is 1. The Morgan fingerprint density at radius 1 is 1.28 bits per heavy atom. The zero-order valence-corrected chi connectivity index (χ0v) is 22.5. The quantitative estimate of drug-likeness (QED) is 0.582. The minimum atomic E-state index is -0.360. The highest BCUT2D eigenvalue weighted by atomic mass is 16.5. The third kappa shape index (κ3) is 7.44. The Kier molecular flexibility index (Phi) is 10.1. The maximum Gasteiger partial charge on any atom is 0.259 e. The molecule has 0 spiro atoms. The Bertz CT molecular complexity index is 964. The van der Waals surface area contributed by atoms with Crippen LogP contribution in [0.4, 0.5) is 0 Å². The fraction of sp³-hybridized carbons (Fsp3) is 0.679. The second-order valence-corrected chi connectivity index (χ2v) is 10.6. The minimum absolute atomic E-state index is 0.0735. The molecule has 1 saturated heterocycles. The first-order valence-electron chi connectivity index (χ1n) is 13.3. The molecule has 8 heteroatoms. The predicted molar refractivity (Wildman–Crippen MR) is 140 cm³/mol. The van der Waals surface area contributed by atoms with Gasteiger partial charge in [-0.15, -0.1) is 0 Å². The Morgan fingerprint density at radius 3 is 2.67 bits per heavy atom. The van der Waals surface area contributed by atoms with Gasteiger partial charge in [0, 0.05) is 50.2 Å². The molecule has 2 amide bonds. The molecule has 1 N–H and O–H groups in total. The number of rotatable bonds is 7. The van der Waals surface area contributed by atoms with E-state index >= 15 is 0 Å². The number of piperidine rings is 1. The van der Waals surface area contributed by atoms with Gasteiger partial charge in [-0.05, 0) is 38.9 Å². The Balaban J connectivity index is 1.79. The number of nitrogens with zero attached hydrogens (tertiary/aromatic N) is 4. The summed E-state index contributed by atoms with van der Waals surface area (Å²) in [5, 5.41) is 9.83. The molecule has 36 heavy (non-hydrogen) atoms. The van der Waals surface area contributed by atoms with Gasteiger partial charge in [0.15, 0.2) is 0 Å². The van der Waals surface area contributed by atoms with Crippen molar-refractivity contribution in [2.24, 2.45) is 11.8 Å². The molecule has 1 fully saturated rings. The van der Waals surface area contributed by atoms with Crippen LogP contribution in [-0.2, 0) is 4.79 Å². The first-order valence-corrected chi connectivity index (χ1v) is 13.3. The second-order valence-electron chi connectivity index (χ2n) is 10.6. The zero-order chi connectivity index (χ0) is 26.2. The molecule has 198 valence electrons. The summed E-state index contributed by atoms with van der Waals surface area (Å²) in [6.45, 7) is 11.4. The summed E-state index contributed by atoms with van der Waals surface area (Å²) in [5.74, 6) is 6.39. The van der Waals surface area contributed by atoms with Crippen molar-refractivity contribution in [3.63, 3.8) is 0 Å². The van der Waals surface area contributed by atoms with Crippen LogP contribution in [0, 0.1) is 23.7 Å². The second kappa shape index (κ2) is 13.1. The molecule has 1 aromatic heterocycles. The number of aliphatic hydroxyl groups is 1. The number of amides is 2. The number of aromatic nitrogens is 1. The Morgan fingerprint density at radius 2 is 2.00 bits per heavy atom. The van der Waals surface area contributed by atoms with Crippen LogP contribution in [0.1, 0.15) is 69.3 Å². The van der Waals surface area contributed by atoms with E-state index in [0.717, 1.165) is 19.6 Å². The van der Waals surface area contributed by atoms with Gasteiger partial charge >= 0.3 is 0 Å². The molecule has 0 aromatic carbocycles. The van der Waals surface area contributed by atoms with Gasteiger partial charge < -0.3 is 24.5 Å². The number of carbonyl (C=O) groups excluding carboxylic acids is 2. The highest BCUT2D eigenvalue weighted by molar-refractivity contribution is 5.97. The number of ether oxygens (including phenoxy) is 1. The van der Waals surface area contributed by atoms with Crippen LogP contribution < -0.4 is 4.74 Å². The lowest BCUT2D eigenvalue weighted by Crippen LogP contribution is -2.50. The number of likely N-dealkylation sites (N-methyl/N-ethyl adjacent to an activating group) is 1. The van der Waals surface area contributed by atoms with E-state index in [4.69, 9.17) is 4.74 Å². The minimum Gasteiger partial charge on any atom is -0.472 e. The van der Waals surface area contributed by atoms with Crippen LogP contribution >= 0.6 is 0 Å². The van der Waals surface area contributed by atoms with Crippen LogP contribution in [0.3, 0.4) is 0 Å². The van der Waals surface area contributed by atoms with E-state index in [-0.39, 0.29) is 48.3 Å².